The van der Waals surface area contributed by atoms with Crippen molar-refractivity contribution in [3.8, 4) is 0 Å². The van der Waals surface area contributed by atoms with Gasteiger partial charge in [-0.05, 0) is 32.1 Å². The van der Waals surface area contributed by atoms with Crippen LogP contribution in [0.2, 0.25) is 0 Å². The van der Waals surface area contributed by atoms with Gasteiger partial charge in [0.2, 0.25) is 5.91 Å². The average molecular weight is 254 g/mol. The fraction of sp³-hybridized carbons (Fsp3) is 0.929. The highest BCUT2D eigenvalue weighted by atomic mass is 16.5. The normalized spacial score (nSPS) is 30.6. The van der Waals surface area contributed by atoms with Gasteiger partial charge < -0.3 is 10.1 Å². The molecule has 0 aromatic carbocycles. The standard InChI is InChI=1S/C14H26N2O2/c1-13(2)9-16(10-13)8-12(17)15-11-5-6-18-14(3,4)7-11/h11H,5-10H2,1-4H3,(H,15,17). The van der Waals surface area contributed by atoms with E-state index in [0.29, 0.717) is 12.0 Å². The van der Waals surface area contributed by atoms with E-state index in [2.05, 4.69) is 37.9 Å². The summed E-state index contributed by atoms with van der Waals surface area (Å²) in [6.45, 7) is 12.0. The van der Waals surface area contributed by atoms with Crippen molar-refractivity contribution in [1.29, 1.82) is 0 Å². The first-order valence-corrected chi connectivity index (χ1v) is 6.91. The zero-order chi connectivity index (χ0) is 13.4. The van der Waals surface area contributed by atoms with E-state index in [9.17, 15) is 4.79 Å². The molecule has 1 atom stereocenters. The van der Waals surface area contributed by atoms with Gasteiger partial charge in [-0.15, -0.1) is 0 Å². The maximum absolute atomic E-state index is 11.9. The number of amides is 1. The van der Waals surface area contributed by atoms with Crippen LogP contribution < -0.4 is 5.32 Å². The molecule has 0 saturated carbocycles. The SMILES string of the molecule is CC1(C)CN(CC(=O)NC2CCOC(C)(C)C2)C1. The van der Waals surface area contributed by atoms with Gasteiger partial charge in [0.05, 0.1) is 12.1 Å². The summed E-state index contributed by atoms with van der Waals surface area (Å²) < 4.78 is 5.66. The molecule has 2 fully saturated rings. The van der Waals surface area contributed by atoms with Crippen LogP contribution in [0, 0.1) is 5.41 Å². The number of hydrogen-bond donors (Lipinski definition) is 1. The maximum Gasteiger partial charge on any atom is 0.234 e. The highest BCUT2D eigenvalue weighted by Gasteiger charge is 2.35. The minimum absolute atomic E-state index is 0.102. The van der Waals surface area contributed by atoms with Gasteiger partial charge in [0.1, 0.15) is 0 Å². The molecule has 1 amide bonds. The van der Waals surface area contributed by atoms with E-state index in [0.717, 1.165) is 32.5 Å². The zero-order valence-electron chi connectivity index (χ0n) is 12.1. The molecule has 1 N–H and O–H groups in total. The van der Waals surface area contributed by atoms with Gasteiger partial charge >= 0.3 is 0 Å². The van der Waals surface area contributed by atoms with E-state index in [4.69, 9.17) is 4.74 Å². The van der Waals surface area contributed by atoms with Crippen molar-refractivity contribution in [2.24, 2.45) is 5.41 Å². The van der Waals surface area contributed by atoms with E-state index in [1.165, 1.54) is 0 Å². The molecular weight excluding hydrogens is 228 g/mol. The second kappa shape index (κ2) is 4.82. The second-order valence-corrected chi connectivity index (χ2v) is 7.17. The Bertz CT molecular complexity index is 318. The first-order chi connectivity index (χ1) is 8.26. The number of nitrogens with zero attached hydrogens (tertiary/aromatic N) is 1. The second-order valence-electron chi connectivity index (χ2n) is 7.17. The summed E-state index contributed by atoms with van der Waals surface area (Å²) in [5.74, 6) is 0.160. The lowest BCUT2D eigenvalue weighted by atomic mass is 9.84. The van der Waals surface area contributed by atoms with Crippen molar-refractivity contribution < 1.29 is 9.53 Å². The van der Waals surface area contributed by atoms with Crippen molar-refractivity contribution in [2.45, 2.75) is 52.2 Å². The van der Waals surface area contributed by atoms with Gasteiger partial charge in [-0.2, -0.15) is 0 Å². The van der Waals surface area contributed by atoms with Crippen LogP contribution in [-0.2, 0) is 9.53 Å². The number of nitrogens with one attached hydrogen (secondary N) is 1. The Kier molecular flexibility index (Phi) is 3.70. The molecule has 1 unspecified atom stereocenters. The highest BCUT2D eigenvalue weighted by Crippen LogP contribution is 2.28. The molecule has 2 saturated heterocycles. The van der Waals surface area contributed by atoms with Crippen LogP contribution in [0.5, 0.6) is 0 Å². The van der Waals surface area contributed by atoms with Crippen molar-refractivity contribution >= 4 is 5.91 Å². The first kappa shape index (κ1) is 13.8. The van der Waals surface area contributed by atoms with Gasteiger partial charge in [0, 0.05) is 25.7 Å². The largest absolute Gasteiger partial charge is 0.375 e. The summed E-state index contributed by atoms with van der Waals surface area (Å²) in [4.78, 5) is 14.2. The molecule has 0 aromatic heterocycles. The lowest BCUT2D eigenvalue weighted by Gasteiger charge is -2.45. The summed E-state index contributed by atoms with van der Waals surface area (Å²) in [7, 11) is 0. The number of ether oxygens (including phenoxy) is 1. The number of likely N-dealkylation sites (tertiary alicyclic amines) is 1. The molecule has 0 bridgehead atoms. The zero-order valence-corrected chi connectivity index (χ0v) is 12.1. The fourth-order valence-corrected chi connectivity index (χ4v) is 3.11. The molecule has 0 aromatic rings. The summed E-state index contributed by atoms with van der Waals surface area (Å²) in [6.07, 6.45) is 1.84. The average Bonchev–Trinajstić information content (AvgIpc) is 2.12. The third-order valence-corrected chi connectivity index (χ3v) is 3.73. The van der Waals surface area contributed by atoms with E-state index in [1.807, 2.05) is 0 Å². The molecule has 104 valence electrons. The summed E-state index contributed by atoms with van der Waals surface area (Å²) in [5, 5.41) is 3.14. The molecule has 2 rings (SSSR count). The van der Waals surface area contributed by atoms with Crippen LogP contribution in [0.3, 0.4) is 0 Å². The Labute approximate surface area is 110 Å². The maximum atomic E-state index is 11.9. The van der Waals surface area contributed by atoms with E-state index in [-0.39, 0.29) is 17.6 Å². The van der Waals surface area contributed by atoms with Gasteiger partial charge in [0.25, 0.3) is 0 Å². The third-order valence-electron chi connectivity index (χ3n) is 3.73. The summed E-state index contributed by atoms with van der Waals surface area (Å²) in [5.41, 5.74) is 0.288. The lowest BCUT2D eigenvalue weighted by Crippen LogP contribution is -2.57. The van der Waals surface area contributed by atoms with Gasteiger partial charge in [0.15, 0.2) is 0 Å². The van der Waals surface area contributed by atoms with Crippen molar-refractivity contribution in [3.05, 3.63) is 0 Å². The molecular formula is C14H26N2O2. The number of carbonyl (C=O) groups excluding carboxylic acids is 1. The summed E-state index contributed by atoms with van der Waals surface area (Å²) in [6, 6.07) is 0.274. The van der Waals surface area contributed by atoms with Crippen LogP contribution in [0.15, 0.2) is 0 Å². The van der Waals surface area contributed by atoms with Crippen molar-refractivity contribution in [3.63, 3.8) is 0 Å². The number of rotatable bonds is 3. The van der Waals surface area contributed by atoms with Crippen LogP contribution in [0.25, 0.3) is 0 Å². The highest BCUT2D eigenvalue weighted by molar-refractivity contribution is 5.78. The van der Waals surface area contributed by atoms with Crippen LogP contribution in [0.4, 0.5) is 0 Å². The van der Waals surface area contributed by atoms with Crippen molar-refractivity contribution in [2.75, 3.05) is 26.2 Å². The molecule has 2 aliphatic heterocycles. The van der Waals surface area contributed by atoms with E-state index >= 15 is 0 Å². The summed E-state index contributed by atoms with van der Waals surface area (Å²) >= 11 is 0. The molecule has 0 spiro atoms. The molecule has 0 radical (unpaired) electrons. The molecule has 2 aliphatic rings. The van der Waals surface area contributed by atoms with Gasteiger partial charge in [-0.25, -0.2) is 0 Å². The Morgan fingerprint density at radius 3 is 2.56 bits per heavy atom. The number of carbonyl (C=O) groups is 1. The van der Waals surface area contributed by atoms with Crippen LogP contribution >= 0.6 is 0 Å². The van der Waals surface area contributed by atoms with Crippen molar-refractivity contribution in [1.82, 2.24) is 10.2 Å². The topological polar surface area (TPSA) is 41.6 Å². The van der Waals surface area contributed by atoms with Crippen LogP contribution in [-0.4, -0.2) is 48.7 Å². The molecule has 0 aliphatic carbocycles. The van der Waals surface area contributed by atoms with E-state index in [1.54, 1.807) is 0 Å². The minimum Gasteiger partial charge on any atom is -0.375 e. The fourth-order valence-electron chi connectivity index (χ4n) is 3.11. The predicted octanol–water partition coefficient (Wildman–Crippen LogP) is 1.40. The quantitative estimate of drug-likeness (QED) is 0.828. The van der Waals surface area contributed by atoms with E-state index < -0.39 is 0 Å². The Hall–Kier alpha value is -0.610. The Morgan fingerprint density at radius 2 is 2.00 bits per heavy atom. The Balaban J connectivity index is 1.71. The van der Waals surface area contributed by atoms with Gasteiger partial charge in [-0.3, -0.25) is 9.69 Å². The first-order valence-electron chi connectivity index (χ1n) is 6.91. The van der Waals surface area contributed by atoms with Gasteiger partial charge in [-0.1, -0.05) is 13.8 Å². The third kappa shape index (κ3) is 3.69. The Morgan fingerprint density at radius 1 is 1.33 bits per heavy atom. The minimum atomic E-state index is -0.102. The molecule has 4 nitrogen and oxygen atoms in total. The monoisotopic (exact) mass is 254 g/mol. The molecule has 2 heterocycles. The van der Waals surface area contributed by atoms with Crippen LogP contribution in [0.1, 0.15) is 40.5 Å². The predicted molar refractivity (Wildman–Crippen MR) is 71.4 cm³/mol. The smallest absolute Gasteiger partial charge is 0.234 e. The number of hydrogen-bond acceptors (Lipinski definition) is 3. The molecule has 4 heteroatoms. The lowest BCUT2D eigenvalue weighted by molar-refractivity contribution is -0.127. The molecule has 18 heavy (non-hydrogen) atoms.